The van der Waals surface area contributed by atoms with E-state index in [-0.39, 0.29) is 6.92 Å². The van der Waals surface area contributed by atoms with Gasteiger partial charge in [0.25, 0.3) is 6.26 Å². The van der Waals surface area contributed by atoms with Gasteiger partial charge < -0.3 is 4.65 Å². The lowest BCUT2D eigenvalue weighted by Crippen LogP contribution is -2.22. The average molecular weight is 225 g/mol. The van der Waals surface area contributed by atoms with E-state index < -0.39 is 0 Å². The fourth-order valence-electron chi connectivity index (χ4n) is 1.93. The number of rotatable bonds is 1. The molecular formula is C12H12BN3O. The first-order chi connectivity index (χ1) is 8.38. The normalized spacial score (nSPS) is 15.6. The summed E-state index contributed by atoms with van der Waals surface area (Å²) in [4.78, 5) is 8.11. The lowest BCUT2D eigenvalue weighted by molar-refractivity contribution is 0.469. The zero-order valence-electron chi connectivity index (χ0n) is 9.47. The van der Waals surface area contributed by atoms with E-state index in [1.807, 2.05) is 0 Å². The molecule has 1 aliphatic heterocycles. The largest absolute Gasteiger partial charge is 0.498 e. The monoisotopic (exact) mass is 225 g/mol. The van der Waals surface area contributed by atoms with Gasteiger partial charge in [0.1, 0.15) is 0 Å². The quantitative estimate of drug-likeness (QED) is 0.414. The summed E-state index contributed by atoms with van der Waals surface area (Å²) >= 11 is 0. The summed E-state index contributed by atoms with van der Waals surface area (Å²) in [7, 11) is 0. The topological polar surface area (TPSA) is 58.8 Å². The van der Waals surface area contributed by atoms with E-state index in [0.717, 1.165) is 25.5 Å². The standard InChI is InChI=1S/C12H12BN3O/c14-10-17-13-6-4-11(5-7-13)2-3-12-15-8-1-9-16-12/h1,8-9,11H,4-7H2. The van der Waals surface area contributed by atoms with Gasteiger partial charge in [0.2, 0.25) is 5.82 Å². The molecule has 4 nitrogen and oxygen atoms in total. The highest BCUT2D eigenvalue weighted by molar-refractivity contribution is 6.52. The van der Waals surface area contributed by atoms with Gasteiger partial charge in [-0.15, -0.1) is 0 Å². The molecule has 2 rings (SSSR count). The predicted octanol–water partition coefficient (Wildman–Crippen LogP) is 1.73. The molecular weight excluding hydrogens is 213 g/mol. The molecule has 0 atom stereocenters. The van der Waals surface area contributed by atoms with Crippen molar-refractivity contribution in [3.05, 3.63) is 24.3 Å². The second-order valence-electron chi connectivity index (χ2n) is 4.02. The van der Waals surface area contributed by atoms with Crippen LogP contribution in [0.5, 0.6) is 0 Å². The van der Waals surface area contributed by atoms with E-state index in [9.17, 15) is 0 Å². The molecule has 0 radical (unpaired) electrons. The summed E-state index contributed by atoms with van der Waals surface area (Å²) < 4.78 is 4.93. The third kappa shape index (κ3) is 3.50. The highest BCUT2D eigenvalue weighted by Gasteiger charge is 2.25. The maximum absolute atomic E-state index is 8.42. The Bertz CT molecular complexity index is 452. The van der Waals surface area contributed by atoms with Gasteiger partial charge in [-0.05, 0) is 37.5 Å². The molecule has 2 heterocycles. The van der Waals surface area contributed by atoms with E-state index in [1.165, 1.54) is 0 Å². The molecule has 1 fully saturated rings. The van der Waals surface area contributed by atoms with Crippen LogP contribution in [0.25, 0.3) is 0 Å². The van der Waals surface area contributed by atoms with Crippen molar-refractivity contribution >= 4 is 6.92 Å². The van der Waals surface area contributed by atoms with E-state index in [0.29, 0.717) is 11.7 Å². The minimum absolute atomic E-state index is 0.0889. The number of hydrogen-bond acceptors (Lipinski definition) is 4. The Morgan fingerprint density at radius 3 is 2.65 bits per heavy atom. The zero-order chi connectivity index (χ0) is 11.9. The van der Waals surface area contributed by atoms with E-state index in [1.54, 1.807) is 24.7 Å². The maximum Gasteiger partial charge on any atom is 0.373 e. The van der Waals surface area contributed by atoms with Crippen molar-refractivity contribution in [1.29, 1.82) is 5.26 Å². The molecule has 0 saturated carbocycles. The molecule has 0 aromatic carbocycles. The number of nitriles is 1. The zero-order valence-corrected chi connectivity index (χ0v) is 9.47. The molecule has 17 heavy (non-hydrogen) atoms. The molecule has 1 aromatic rings. The SMILES string of the molecule is N#COB1CCC(C#Cc2ncccn2)CC1. The van der Waals surface area contributed by atoms with E-state index in [2.05, 4.69) is 21.8 Å². The van der Waals surface area contributed by atoms with Gasteiger partial charge >= 0.3 is 6.92 Å². The minimum Gasteiger partial charge on any atom is -0.498 e. The Morgan fingerprint density at radius 1 is 1.29 bits per heavy atom. The minimum atomic E-state index is 0.0889. The van der Waals surface area contributed by atoms with Crippen LogP contribution >= 0.6 is 0 Å². The summed E-state index contributed by atoms with van der Waals surface area (Å²) in [6.45, 7) is 0.0889. The van der Waals surface area contributed by atoms with Crippen LogP contribution < -0.4 is 0 Å². The fraction of sp³-hybridized carbons (Fsp3) is 0.417. The van der Waals surface area contributed by atoms with Crippen molar-refractivity contribution in [1.82, 2.24) is 9.97 Å². The summed E-state index contributed by atoms with van der Waals surface area (Å²) in [5.41, 5.74) is 0. The van der Waals surface area contributed by atoms with E-state index in [4.69, 9.17) is 9.92 Å². The Hall–Kier alpha value is -2.01. The lowest BCUT2D eigenvalue weighted by Gasteiger charge is -2.19. The summed E-state index contributed by atoms with van der Waals surface area (Å²) in [6, 6.07) is 1.77. The Morgan fingerprint density at radius 2 is 2.00 bits per heavy atom. The van der Waals surface area contributed by atoms with Crippen LogP contribution in [0.2, 0.25) is 12.6 Å². The van der Waals surface area contributed by atoms with Gasteiger partial charge in [-0.2, -0.15) is 5.26 Å². The molecule has 0 aliphatic carbocycles. The van der Waals surface area contributed by atoms with Crippen LogP contribution in [-0.4, -0.2) is 16.9 Å². The number of nitrogens with zero attached hydrogens (tertiary/aromatic N) is 3. The molecule has 1 saturated heterocycles. The second-order valence-corrected chi connectivity index (χ2v) is 4.02. The molecule has 0 spiro atoms. The smallest absolute Gasteiger partial charge is 0.373 e. The highest BCUT2D eigenvalue weighted by atomic mass is 16.4. The predicted molar refractivity (Wildman–Crippen MR) is 63.7 cm³/mol. The van der Waals surface area contributed by atoms with Crippen molar-refractivity contribution in [3.8, 4) is 18.1 Å². The maximum atomic E-state index is 8.42. The molecule has 1 aromatic heterocycles. The third-order valence-electron chi connectivity index (χ3n) is 2.85. The highest BCUT2D eigenvalue weighted by Crippen LogP contribution is 2.24. The Labute approximate surface area is 101 Å². The van der Waals surface area contributed by atoms with Crippen LogP contribution in [0.4, 0.5) is 0 Å². The van der Waals surface area contributed by atoms with Gasteiger partial charge in [-0.3, -0.25) is 0 Å². The van der Waals surface area contributed by atoms with Crippen molar-refractivity contribution in [2.45, 2.75) is 25.5 Å². The van der Waals surface area contributed by atoms with Crippen LogP contribution in [0.3, 0.4) is 0 Å². The number of aromatic nitrogens is 2. The van der Waals surface area contributed by atoms with Crippen LogP contribution in [0.1, 0.15) is 18.7 Å². The second kappa shape index (κ2) is 5.91. The Balaban J connectivity index is 1.87. The van der Waals surface area contributed by atoms with Gasteiger partial charge in [-0.25, -0.2) is 9.97 Å². The first-order valence-electron chi connectivity index (χ1n) is 5.72. The van der Waals surface area contributed by atoms with Crippen LogP contribution in [0.15, 0.2) is 18.5 Å². The molecule has 0 N–H and O–H groups in total. The average Bonchev–Trinajstić information content (AvgIpc) is 2.40. The molecule has 0 unspecified atom stereocenters. The Kier molecular flexibility index (Phi) is 3.99. The van der Waals surface area contributed by atoms with Crippen molar-refractivity contribution in [2.75, 3.05) is 0 Å². The van der Waals surface area contributed by atoms with Crippen LogP contribution in [0, 0.1) is 29.3 Å². The first kappa shape index (κ1) is 11.5. The molecule has 1 aliphatic rings. The third-order valence-corrected chi connectivity index (χ3v) is 2.85. The van der Waals surface area contributed by atoms with Crippen LogP contribution in [-0.2, 0) is 4.65 Å². The fourth-order valence-corrected chi connectivity index (χ4v) is 1.93. The first-order valence-corrected chi connectivity index (χ1v) is 5.72. The summed E-state index contributed by atoms with van der Waals surface area (Å²) in [5.74, 6) is 7.11. The number of hydrogen-bond donors (Lipinski definition) is 0. The van der Waals surface area contributed by atoms with Crippen molar-refractivity contribution < 1.29 is 4.65 Å². The summed E-state index contributed by atoms with van der Waals surface area (Å²) in [6.07, 6.45) is 8.90. The molecule has 5 heteroatoms. The van der Waals surface area contributed by atoms with Gasteiger partial charge in [0.05, 0.1) is 0 Å². The molecule has 0 bridgehead atoms. The van der Waals surface area contributed by atoms with Crippen molar-refractivity contribution in [3.63, 3.8) is 0 Å². The summed E-state index contributed by atoms with van der Waals surface area (Å²) in [5, 5.41) is 8.42. The molecule has 0 amide bonds. The molecule has 84 valence electrons. The van der Waals surface area contributed by atoms with Gasteiger partial charge in [-0.1, -0.05) is 5.92 Å². The lowest BCUT2D eigenvalue weighted by atomic mass is 9.54. The van der Waals surface area contributed by atoms with Gasteiger partial charge in [0.15, 0.2) is 0 Å². The van der Waals surface area contributed by atoms with Crippen molar-refractivity contribution in [2.24, 2.45) is 5.92 Å². The van der Waals surface area contributed by atoms with E-state index >= 15 is 0 Å². The van der Waals surface area contributed by atoms with Gasteiger partial charge in [0, 0.05) is 18.3 Å².